The molecule has 0 radical (unpaired) electrons. The SMILES string of the molecule is CC(C)c1nc(CSc2ccccc2)sc1CC#N. The summed E-state index contributed by atoms with van der Waals surface area (Å²) in [7, 11) is 0. The molecule has 0 spiro atoms. The molecule has 1 aromatic heterocycles. The highest BCUT2D eigenvalue weighted by Gasteiger charge is 2.13. The van der Waals surface area contributed by atoms with Gasteiger partial charge in [0.1, 0.15) is 5.01 Å². The van der Waals surface area contributed by atoms with Gasteiger partial charge in [0.25, 0.3) is 0 Å². The molecule has 0 atom stereocenters. The Morgan fingerprint density at radius 3 is 2.68 bits per heavy atom. The summed E-state index contributed by atoms with van der Waals surface area (Å²) < 4.78 is 0. The molecule has 19 heavy (non-hydrogen) atoms. The third-order valence-electron chi connectivity index (χ3n) is 2.66. The molecule has 0 aliphatic heterocycles. The number of rotatable bonds is 5. The van der Waals surface area contributed by atoms with E-state index in [-0.39, 0.29) is 0 Å². The number of thioether (sulfide) groups is 1. The standard InChI is InChI=1S/C15H16N2S2/c1-11(2)15-13(8-9-16)19-14(17-15)10-18-12-6-4-3-5-7-12/h3-7,11H,8,10H2,1-2H3. The van der Waals surface area contributed by atoms with Crippen molar-refractivity contribution in [3.05, 3.63) is 45.9 Å². The minimum atomic E-state index is 0.384. The van der Waals surface area contributed by atoms with Crippen LogP contribution < -0.4 is 0 Å². The fourth-order valence-corrected chi connectivity index (χ4v) is 3.85. The maximum atomic E-state index is 8.87. The molecular weight excluding hydrogens is 272 g/mol. The van der Waals surface area contributed by atoms with Gasteiger partial charge in [-0.2, -0.15) is 5.26 Å². The average molecular weight is 288 g/mol. The van der Waals surface area contributed by atoms with E-state index in [9.17, 15) is 0 Å². The summed E-state index contributed by atoms with van der Waals surface area (Å²) >= 11 is 3.47. The van der Waals surface area contributed by atoms with Crippen molar-refractivity contribution in [2.75, 3.05) is 0 Å². The van der Waals surface area contributed by atoms with Crippen molar-refractivity contribution in [2.45, 2.75) is 36.8 Å². The zero-order valence-electron chi connectivity index (χ0n) is 11.1. The number of nitrogens with zero attached hydrogens (tertiary/aromatic N) is 2. The normalized spacial score (nSPS) is 10.6. The van der Waals surface area contributed by atoms with E-state index < -0.39 is 0 Å². The zero-order valence-corrected chi connectivity index (χ0v) is 12.7. The highest BCUT2D eigenvalue weighted by atomic mass is 32.2. The second-order valence-electron chi connectivity index (χ2n) is 4.51. The molecule has 0 unspecified atom stereocenters. The zero-order chi connectivity index (χ0) is 13.7. The molecule has 1 aromatic carbocycles. The Kier molecular flexibility index (Phi) is 5.00. The van der Waals surface area contributed by atoms with Crippen LogP contribution in [0.25, 0.3) is 0 Å². The summed E-state index contributed by atoms with van der Waals surface area (Å²) in [6, 6.07) is 12.6. The summed E-state index contributed by atoms with van der Waals surface area (Å²) in [5, 5.41) is 9.98. The van der Waals surface area contributed by atoms with Crippen molar-refractivity contribution in [2.24, 2.45) is 0 Å². The third kappa shape index (κ3) is 3.82. The lowest BCUT2D eigenvalue weighted by molar-refractivity contribution is 0.816. The molecule has 0 bridgehead atoms. The van der Waals surface area contributed by atoms with Crippen LogP contribution in [0.4, 0.5) is 0 Å². The number of benzene rings is 1. The third-order valence-corrected chi connectivity index (χ3v) is 4.94. The summed E-state index contributed by atoms with van der Waals surface area (Å²) in [6.07, 6.45) is 0.473. The predicted molar refractivity (Wildman–Crippen MR) is 81.5 cm³/mol. The van der Waals surface area contributed by atoms with E-state index in [2.05, 4.69) is 37.0 Å². The van der Waals surface area contributed by atoms with Crippen LogP contribution in [0.5, 0.6) is 0 Å². The highest BCUT2D eigenvalue weighted by Crippen LogP contribution is 2.30. The molecular formula is C15H16N2S2. The molecule has 2 nitrogen and oxygen atoms in total. The maximum Gasteiger partial charge on any atom is 0.103 e. The van der Waals surface area contributed by atoms with E-state index in [1.54, 1.807) is 23.1 Å². The quantitative estimate of drug-likeness (QED) is 0.753. The molecule has 0 N–H and O–H groups in total. The molecule has 0 fully saturated rings. The molecule has 2 aromatic rings. The summed E-state index contributed by atoms with van der Waals surface area (Å²) in [5.41, 5.74) is 1.09. The fourth-order valence-electron chi connectivity index (χ4n) is 1.79. The van der Waals surface area contributed by atoms with Gasteiger partial charge in [-0.25, -0.2) is 4.98 Å². The van der Waals surface area contributed by atoms with E-state index in [4.69, 9.17) is 5.26 Å². The van der Waals surface area contributed by atoms with Crippen LogP contribution in [0.15, 0.2) is 35.2 Å². The van der Waals surface area contributed by atoms with Crippen LogP contribution in [0, 0.1) is 11.3 Å². The monoisotopic (exact) mass is 288 g/mol. The Hall–Kier alpha value is -1.31. The van der Waals surface area contributed by atoms with Crippen molar-refractivity contribution in [1.82, 2.24) is 4.98 Å². The van der Waals surface area contributed by atoms with Crippen LogP contribution in [-0.4, -0.2) is 4.98 Å². The first-order valence-electron chi connectivity index (χ1n) is 6.24. The Labute approximate surface area is 122 Å². The molecule has 98 valence electrons. The Morgan fingerprint density at radius 2 is 2.05 bits per heavy atom. The Bertz CT molecular complexity index is 568. The van der Waals surface area contributed by atoms with Gasteiger partial charge in [-0.3, -0.25) is 0 Å². The van der Waals surface area contributed by atoms with E-state index in [1.165, 1.54) is 4.90 Å². The molecule has 1 heterocycles. The first-order valence-corrected chi connectivity index (χ1v) is 8.04. The van der Waals surface area contributed by atoms with Crippen molar-refractivity contribution in [3.63, 3.8) is 0 Å². The van der Waals surface area contributed by atoms with Gasteiger partial charge >= 0.3 is 0 Å². The van der Waals surface area contributed by atoms with E-state index in [1.807, 2.05) is 18.2 Å². The van der Waals surface area contributed by atoms with E-state index in [0.717, 1.165) is 21.3 Å². The van der Waals surface area contributed by atoms with E-state index >= 15 is 0 Å². The minimum absolute atomic E-state index is 0.384. The van der Waals surface area contributed by atoms with Gasteiger partial charge in [-0.05, 0) is 18.1 Å². The van der Waals surface area contributed by atoms with Gasteiger partial charge in [0.05, 0.1) is 23.9 Å². The lowest BCUT2D eigenvalue weighted by Crippen LogP contribution is -1.93. The number of thiazole rings is 1. The molecule has 0 saturated heterocycles. The lowest BCUT2D eigenvalue weighted by atomic mass is 10.1. The number of nitriles is 1. The van der Waals surface area contributed by atoms with Gasteiger partial charge in [0, 0.05) is 9.77 Å². The van der Waals surface area contributed by atoms with Crippen LogP contribution in [0.1, 0.15) is 35.3 Å². The van der Waals surface area contributed by atoms with Crippen molar-refractivity contribution >= 4 is 23.1 Å². The van der Waals surface area contributed by atoms with Crippen LogP contribution in [0.3, 0.4) is 0 Å². The van der Waals surface area contributed by atoms with Crippen molar-refractivity contribution in [3.8, 4) is 6.07 Å². The van der Waals surface area contributed by atoms with Crippen molar-refractivity contribution in [1.29, 1.82) is 5.26 Å². The molecule has 2 rings (SSSR count). The van der Waals surface area contributed by atoms with Gasteiger partial charge in [-0.1, -0.05) is 32.0 Å². The second-order valence-corrected chi connectivity index (χ2v) is 6.72. The topological polar surface area (TPSA) is 36.7 Å². The van der Waals surface area contributed by atoms with Gasteiger partial charge in [0.2, 0.25) is 0 Å². The first-order chi connectivity index (χ1) is 9.20. The molecule has 0 aliphatic carbocycles. The summed E-state index contributed by atoms with van der Waals surface area (Å²) in [5.74, 6) is 1.26. The van der Waals surface area contributed by atoms with Crippen LogP contribution >= 0.6 is 23.1 Å². The molecule has 4 heteroatoms. The molecule has 0 aliphatic rings. The smallest absolute Gasteiger partial charge is 0.103 e. The Morgan fingerprint density at radius 1 is 1.32 bits per heavy atom. The van der Waals surface area contributed by atoms with E-state index in [0.29, 0.717) is 12.3 Å². The first kappa shape index (κ1) is 14.1. The van der Waals surface area contributed by atoms with Crippen molar-refractivity contribution < 1.29 is 0 Å². The van der Waals surface area contributed by atoms with Gasteiger partial charge < -0.3 is 0 Å². The minimum Gasteiger partial charge on any atom is -0.245 e. The Balaban J connectivity index is 2.09. The molecule has 0 amide bonds. The van der Waals surface area contributed by atoms with Gasteiger partial charge in [-0.15, -0.1) is 23.1 Å². The lowest BCUT2D eigenvalue weighted by Gasteiger charge is -2.01. The summed E-state index contributed by atoms with van der Waals surface area (Å²) in [6.45, 7) is 4.26. The number of aromatic nitrogens is 1. The van der Waals surface area contributed by atoms with Crippen LogP contribution in [-0.2, 0) is 12.2 Å². The fraction of sp³-hybridized carbons (Fsp3) is 0.333. The second kappa shape index (κ2) is 6.74. The highest BCUT2D eigenvalue weighted by molar-refractivity contribution is 7.98. The summed E-state index contributed by atoms with van der Waals surface area (Å²) in [4.78, 5) is 7.07. The van der Waals surface area contributed by atoms with Gasteiger partial charge in [0.15, 0.2) is 0 Å². The number of hydrogen-bond donors (Lipinski definition) is 0. The average Bonchev–Trinajstić information content (AvgIpc) is 2.81. The molecule has 0 saturated carbocycles. The number of hydrogen-bond acceptors (Lipinski definition) is 4. The predicted octanol–water partition coefficient (Wildman–Crippen LogP) is 4.62. The van der Waals surface area contributed by atoms with Crippen LogP contribution in [0.2, 0.25) is 0 Å². The maximum absolute atomic E-state index is 8.87. The largest absolute Gasteiger partial charge is 0.245 e.